The van der Waals surface area contributed by atoms with E-state index in [4.69, 9.17) is 34.8 Å². The van der Waals surface area contributed by atoms with Gasteiger partial charge in [0, 0.05) is 26.5 Å². The molecular formula is C22H13Cl3N2O2. The SMILES string of the molecule is O=C(Nc1c(C(=O)c2ccccc2)[nH]c2cc(Cl)ccc12)c1cc(Cl)ccc1Cl. The van der Waals surface area contributed by atoms with Crippen LogP contribution in [0.1, 0.15) is 26.4 Å². The van der Waals surface area contributed by atoms with Crippen LogP contribution < -0.4 is 5.32 Å². The van der Waals surface area contributed by atoms with Crippen molar-refractivity contribution in [3.63, 3.8) is 0 Å². The van der Waals surface area contributed by atoms with Crippen LogP contribution >= 0.6 is 34.8 Å². The summed E-state index contributed by atoms with van der Waals surface area (Å²) in [5.41, 5.74) is 1.93. The van der Waals surface area contributed by atoms with Gasteiger partial charge in [-0.25, -0.2) is 0 Å². The Balaban J connectivity index is 1.83. The van der Waals surface area contributed by atoms with E-state index in [1.165, 1.54) is 6.07 Å². The summed E-state index contributed by atoms with van der Waals surface area (Å²) in [4.78, 5) is 29.1. The fraction of sp³-hybridized carbons (Fsp3) is 0. The second-order valence-corrected chi connectivity index (χ2v) is 7.62. The van der Waals surface area contributed by atoms with Crippen molar-refractivity contribution in [2.45, 2.75) is 0 Å². The molecule has 0 fully saturated rings. The molecule has 1 aromatic heterocycles. The number of amides is 1. The number of aromatic amines is 1. The number of hydrogen-bond donors (Lipinski definition) is 2. The minimum absolute atomic E-state index is 0.209. The minimum Gasteiger partial charge on any atom is -0.350 e. The largest absolute Gasteiger partial charge is 0.350 e. The van der Waals surface area contributed by atoms with Gasteiger partial charge in [0.1, 0.15) is 5.69 Å². The van der Waals surface area contributed by atoms with Crippen LogP contribution in [0.5, 0.6) is 0 Å². The minimum atomic E-state index is -0.476. The predicted molar refractivity (Wildman–Crippen MR) is 118 cm³/mol. The fourth-order valence-corrected chi connectivity index (χ4v) is 3.60. The Morgan fingerprint density at radius 3 is 2.28 bits per heavy atom. The maximum atomic E-state index is 13.1. The number of ketones is 1. The molecule has 2 N–H and O–H groups in total. The number of benzene rings is 3. The van der Waals surface area contributed by atoms with Gasteiger partial charge in [0.25, 0.3) is 5.91 Å². The molecule has 0 saturated carbocycles. The number of carbonyl (C=O) groups excluding carboxylic acids is 2. The summed E-state index contributed by atoms with van der Waals surface area (Å²) in [6, 6.07) is 18.5. The Hall–Kier alpha value is -2.79. The van der Waals surface area contributed by atoms with E-state index in [-0.39, 0.29) is 22.1 Å². The van der Waals surface area contributed by atoms with E-state index in [1.807, 2.05) is 6.07 Å². The van der Waals surface area contributed by atoms with Gasteiger partial charge in [-0.15, -0.1) is 0 Å². The first-order valence-electron chi connectivity index (χ1n) is 8.61. The van der Waals surface area contributed by atoms with Crippen molar-refractivity contribution in [2.75, 3.05) is 5.32 Å². The molecule has 1 amide bonds. The summed E-state index contributed by atoms with van der Waals surface area (Å²) in [5.74, 6) is -0.735. The van der Waals surface area contributed by atoms with Gasteiger partial charge >= 0.3 is 0 Å². The third-order valence-corrected chi connectivity index (χ3v) is 5.24. The molecule has 7 heteroatoms. The van der Waals surface area contributed by atoms with Gasteiger partial charge in [-0.3, -0.25) is 9.59 Å². The Morgan fingerprint density at radius 1 is 0.828 bits per heavy atom. The van der Waals surface area contributed by atoms with Crippen molar-refractivity contribution in [2.24, 2.45) is 0 Å². The van der Waals surface area contributed by atoms with Gasteiger partial charge in [-0.2, -0.15) is 0 Å². The molecule has 4 rings (SSSR count). The van der Waals surface area contributed by atoms with Crippen LogP contribution in [0.2, 0.25) is 15.1 Å². The first kappa shape index (κ1) is 19.5. The summed E-state index contributed by atoms with van der Waals surface area (Å²) < 4.78 is 0. The van der Waals surface area contributed by atoms with Gasteiger partial charge in [-0.05, 0) is 36.4 Å². The van der Waals surface area contributed by atoms with Crippen molar-refractivity contribution in [1.29, 1.82) is 0 Å². The van der Waals surface area contributed by atoms with Gasteiger partial charge in [-0.1, -0.05) is 65.1 Å². The molecule has 0 aliphatic carbocycles. The van der Waals surface area contributed by atoms with Crippen molar-refractivity contribution < 1.29 is 9.59 Å². The van der Waals surface area contributed by atoms with Crippen LogP contribution in [0.3, 0.4) is 0 Å². The zero-order valence-corrected chi connectivity index (χ0v) is 17.1. The van der Waals surface area contributed by atoms with Crippen molar-refractivity contribution >= 4 is 63.1 Å². The topological polar surface area (TPSA) is 62.0 Å². The lowest BCUT2D eigenvalue weighted by Gasteiger charge is -2.09. The number of H-pyrrole nitrogens is 1. The van der Waals surface area contributed by atoms with Gasteiger partial charge in [0.2, 0.25) is 5.78 Å². The van der Waals surface area contributed by atoms with Crippen LogP contribution in [-0.4, -0.2) is 16.7 Å². The molecule has 144 valence electrons. The Kier molecular flexibility index (Phi) is 5.33. The number of aromatic nitrogens is 1. The highest BCUT2D eigenvalue weighted by molar-refractivity contribution is 6.36. The van der Waals surface area contributed by atoms with E-state index in [0.717, 1.165) is 0 Å². The number of carbonyl (C=O) groups is 2. The maximum Gasteiger partial charge on any atom is 0.257 e. The molecule has 0 atom stereocenters. The Morgan fingerprint density at radius 2 is 1.52 bits per heavy atom. The van der Waals surface area contributed by atoms with Crippen LogP contribution in [0, 0.1) is 0 Å². The third kappa shape index (κ3) is 3.87. The molecule has 29 heavy (non-hydrogen) atoms. The van der Waals surface area contributed by atoms with Crippen LogP contribution in [0.25, 0.3) is 10.9 Å². The molecule has 0 aliphatic rings. The van der Waals surface area contributed by atoms with E-state index < -0.39 is 5.91 Å². The number of fused-ring (bicyclic) bond motifs is 1. The monoisotopic (exact) mass is 442 g/mol. The molecule has 0 bridgehead atoms. The molecule has 0 spiro atoms. The molecular weight excluding hydrogens is 431 g/mol. The second-order valence-electron chi connectivity index (χ2n) is 6.34. The molecule has 3 aromatic carbocycles. The van der Waals surface area contributed by atoms with E-state index >= 15 is 0 Å². The quantitative estimate of drug-likeness (QED) is 0.349. The van der Waals surface area contributed by atoms with Crippen molar-refractivity contribution in [3.8, 4) is 0 Å². The lowest BCUT2D eigenvalue weighted by molar-refractivity contribution is 0.102. The highest BCUT2D eigenvalue weighted by atomic mass is 35.5. The summed E-state index contributed by atoms with van der Waals surface area (Å²) in [7, 11) is 0. The highest BCUT2D eigenvalue weighted by Crippen LogP contribution is 2.32. The molecule has 0 radical (unpaired) electrons. The average Bonchev–Trinajstić information content (AvgIpc) is 3.07. The van der Waals surface area contributed by atoms with Gasteiger partial charge in [0.05, 0.1) is 16.3 Å². The average molecular weight is 444 g/mol. The van der Waals surface area contributed by atoms with E-state index in [1.54, 1.807) is 54.6 Å². The number of hydrogen-bond acceptors (Lipinski definition) is 2. The van der Waals surface area contributed by atoms with Crippen LogP contribution in [-0.2, 0) is 0 Å². The van der Waals surface area contributed by atoms with Crippen molar-refractivity contribution in [1.82, 2.24) is 4.98 Å². The Bertz CT molecular complexity index is 1250. The maximum absolute atomic E-state index is 13.1. The van der Waals surface area contributed by atoms with Gasteiger partial charge in [0.15, 0.2) is 0 Å². The second kappa shape index (κ2) is 7.91. The number of halogens is 3. The molecule has 0 aliphatic heterocycles. The number of rotatable bonds is 4. The standard InChI is InChI=1S/C22H13Cl3N2O2/c23-13-7-9-17(25)16(10-13)22(29)27-19-15-8-6-14(24)11-18(15)26-20(19)21(28)12-4-2-1-3-5-12/h1-11,26H,(H,27,29). The molecule has 4 nitrogen and oxygen atoms in total. The molecule has 0 unspecified atom stereocenters. The summed E-state index contributed by atoms with van der Waals surface area (Å²) in [6.07, 6.45) is 0. The predicted octanol–water partition coefficient (Wildman–Crippen LogP) is 6.61. The van der Waals surface area contributed by atoms with E-state index in [2.05, 4.69) is 10.3 Å². The first-order chi connectivity index (χ1) is 13.9. The molecule has 0 saturated heterocycles. The summed E-state index contributed by atoms with van der Waals surface area (Å²) >= 11 is 18.3. The van der Waals surface area contributed by atoms with Crippen LogP contribution in [0.4, 0.5) is 5.69 Å². The van der Waals surface area contributed by atoms with Crippen molar-refractivity contribution in [3.05, 3.63) is 98.6 Å². The Labute approximate surface area is 181 Å². The molecule has 1 heterocycles. The third-order valence-electron chi connectivity index (χ3n) is 4.44. The van der Waals surface area contributed by atoms with E-state index in [9.17, 15) is 9.59 Å². The smallest absolute Gasteiger partial charge is 0.257 e. The summed E-state index contributed by atoms with van der Waals surface area (Å²) in [5, 5.41) is 4.61. The normalized spacial score (nSPS) is 10.9. The highest BCUT2D eigenvalue weighted by Gasteiger charge is 2.22. The lowest BCUT2D eigenvalue weighted by Crippen LogP contribution is -2.15. The fourth-order valence-electron chi connectivity index (χ4n) is 3.06. The zero-order chi connectivity index (χ0) is 20.5. The summed E-state index contributed by atoms with van der Waals surface area (Å²) in [6.45, 7) is 0. The lowest BCUT2D eigenvalue weighted by atomic mass is 10.1. The number of anilines is 1. The molecule has 4 aromatic rings. The number of nitrogens with one attached hydrogen (secondary N) is 2. The van der Waals surface area contributed by atoms with Gasteiger partial charge < -0.3 is 10.3 Å². The first-order valence-corrected chi connectivity index (χ1v) is 9.75. The van der Waals surface area contributed by atoms with Crippen LogP contribution in [0.15, 0.2) is 66.7 Å². The zero-order valence-electron chi connectivity index (χ0n) is 14.8. The van der Waals surface area contributed by atoms with E-state index in [0.29, 0.717) is 32.2 Å².